The Morgan fingerprint density at radius 1 is 1.17 bits per heavy atom. The zero-order valence-corrected chi connectivity index (χ0v) is 15.0. The first-order valence-electron chi connectivity index (χ1n) is 8.19. The van der Waals surface area contributed by atoms with Crippen LogP contribution in [0.3, 0.4) is 0 Å². The fourth-order valence-corrected chi connectivity index (χ4v) is 2.87. The highest BCUT2D eigenvalue weighted by atomic mass is 16.1. The molecule has 0 aliphatic carbocycles. The molecule has 0 fully saturated rings. The summed E-state index contributed by atoms with van der Waals surface area (Å²) in [6, 6.07) is 8.48. The lowest BCUT2D eigenvalue weighted by Crippen LogP contribution is -2.27. The minimum Gasteiger partial charge on any atom is -0.345 e. The molecule has 124 valence electrons. The van der Waals surface area contributed by atoms with Gasteiger partial charge in [0.15, 0.2) is 0 Å². The van der Waals surface area contributed by atoms with Gasteiger partial charge in [-0.3, -0.25) is 9.48 Å². The third kappa shape index (κ3) is 4.01. The highest BCUT2D eigenvalue weighted by Crippen LogP contribution is 2.18. The van der Waals surface area contributed by atoms with Gasteiger partial charge in [0.2, 0.25) is 0 Å². The molecule has 1 unspecified atom stereocenters. The van der Waals surface area contributed by atoms with Crippen LogP contribution in [-0.4, -0.2) is 15.7 Å². The van der Waals surface area contributed by atoms with Gasteiger partial charge in [0.05, 0.1) is 17.3 Å². The second kappa shape index (κ2) is 6.99. The van der Waals surface area contributed by atoms with Crippen molar-refractivity contribution in [2.24, 2.45) is 13.0 Å². The summed E-state index contributed by atoms with van der Waals surface area (Å²) in [5, 5.41) is 7.38. The number of rotatable bonds is 5. The van der Waals surface area contributed by atoms with Crippen LogP contribution in [0.15, 0.2) is 24.3 Å². The number of carbonyl (C=O) groups excluding carboxylic acids is 1. The zero-order chi connectivity index (χ0) is 17.1. The number of carbonyl (C=O) groups is 1. The van der Waals surface area contributed by atoms with Gasteiger partial charge >= 0.3 is 0 Å². The molecule has 1 aromatic carbocycles. The van der Waals surface area contributed by atoms with E-state index < -0.39 is 0 Å². The number of aromatic nitrogens is 2. The standard InChI is InChI=1S/C19H27N3O/c1-12(2)11-16-7-9-17(10-8-16)13(3)20-19(23)18-14(4)21-22(6)15(18)5/h7-10,12-13H,11H2,1-6H3,(H,20,23). The number of nitrogens with one attached hydrogen (secondary N) is 1. The Labute approximate surface area is 138 Å². The van der Waals surface area contributed by atoms with Crippen molar-refractivity contribution < 1.29 is 4.79 Å². The van der Waals surface area contributed by atoms with Crippen molar-refractivity contribution in [3.8, 4) is 0 Å². The third-order valence-corrected chi connectivity index (χ3v) is 4.21. The van der Waals surface area contributed by atoms with E-state index in [-0.39, 0.29) is 11.9 Å². The average molecular weight is 313 g/mol. The molecule has 0 saturated heterocycles. The SMILES string of the molecule is Cc1nn(C)c(C)c1C(=O)NC(C)c1ccc(CC(C)C)cc1. The van der Waals surface area contributed by atoms with Crippen LogP contribution in [0, 0.1) is 19.8 Å². The molecular formula is C19H27N3O. The van der Waals surface area contributed by atoms with E-state index in [2.05, 4.69) is 48.5 Å². The van der Waals surface area contributed by atoms with Crippen molar-refractivity contribution in [1.29, 1.82) is 0 Å². The largest absolute Gasteiger partial charge is 0.345 e. The van der Waals surface area contributed by atoms with Gasteiger partial charge in [-0.05, 0) is 44.2 Å². The van der Waals surface area contributed by atoms with Crippen LogP contribution in [0.2, 0.25) is 0 Å². The Balaban J connectivity index is 2.09. The smallest absolute Gasteiger partial charge is 0.255 e. The first kappa shape index (κ1) is 17.3. The molecule has 0 spiro atoms. The van der Waals surface area contributed by atoms with Crippen LogP contribution in [0.1, 0.15) is 59.7 Å². The Kier molecular flexibility index (Phi) is 5.24. The van der Waals surface area contributed by atoms with Gasteiger partial charge in [0, 0.05) is 12.7 Å². The van der Waals surface area contributed by atoms with Crippen LogP contribution >= 0.6 is 0 Å². The molecule has 0 bridgehead atoms. The summed E-state index contributed by atoms with van der Waals surface area (Å²) in [5.74, 6) is 0.585. The Bertz CT molecular complexity index is 683. The lowest BCUT2D eigenvalue weighted by atomic mass is 10.00. The van der Waals surface area contributed by atoms with Crippen molar-refractivity contribution in [3.05, 3.63) is 52.3 Å². The van der Waals surface area contributed by atoms with Gasteiger partial charge in [0.1, 0.15) is 0 Å². The van der Waals surface area contributed by atoms with E-state index in [0.717, 1.165) is 23.4 Å². The van der Waals surface area contributed by atoms with Gasteiger partial charge < -0.3 is 5.32 Å². The summed E-state index contributed by atoms with van der Waals surface area (Å²) in [4.78, 5) is 12.5. The van der Waals surface area contributed by atoms with Gasteiger partial charge in [-0.15, -0.1) is 0 Å². The molecule has 0 aliphatic rings. The van der Waals surface area contributed by atoms with E-state index in [1.54, 1.807) is 4.68 Å². The molecular weight excluding hydrogens is 286 g/mol. The Hall–Kier alpha value is -2.10. The number of hydrogen-bond donors (Lipinski definition) is 1. The van der Waals surface area contributed by atoms with E-state index in [4.69, 9.17) is 0 Å². The van der Waals surface area contributed by atoms with Crippen molar-refractivity contribution in [2.75, 3.05) is 0 Å². The molecule has 1 aromatic heterocycles. The summed E-state index contributed by atoms with van der Waals surface area (Å²) in [5.41, 5.74) is 4.78. The van der Waals surface area contributed by atoms with E-state index in [1.807, 2.05) is 27.8 Å². The fraction of sp³-hybridized carbons (Fsp3) is 0.474. The van der Waals surface area contributed by atoms with Crippen molar-refractivity contribution in [3.63, 3.8) is 0 Å². The molecule has 2 rings (SSSR count). The van der Waals surface area contributed by atoms with E-state index in [1.165, 1.54) is 5.56 Å². The minimum atomic E-state index is -0.0631. The van der Waals surface area contributed by atoms with Crippen molar-refractivity contribution >= 4 is 5.91 Å². The van der Waals surface area contributed by atoms with E-state index in [0.29, 0.717) is 11.5 Å². The van der Waals surface area contributed by atoms with Gasteiger partial charge in [0.25, 0.3) is 5.91 Å². The second-order valence-electron chi connectivity index (χ2n) is 6.70. The highest BCUT2D eigenvalue weighted by Gasteiger charge is 2.19. The molecule has 1 amide bonds. The Morgan fingerprint density at radius 2 is 1.78 bits per heavy atom. The molecule has 0 radical (unpaired) electrons. The third-order valence-electron chi connectivity index (χ3n) is 4.21. The first-order valence-corrected chi connectivity index (χ1v) is 8.19. The first-order chi connectivity index (χ1) is 10.8. The zero-order valence-electron chi connectivity index (χ0n) is 15.0. The van der Waals surface area contributed by atoms with Crippen LogP contribution in [-0.2, 0) is 13.5 Å². The average Bonchev–Trinajstić information content (AvgIpc) is 2.72. The quantitative estimate of drug-likeness (QED) is 0.914. The molecule has 4 heteroatoms. The molecule has 4 nitrogen and oxygen atoms in total. The van der Waals surface area contributed by atoms with Gasteiger partial charge in [-0.1, -0.05) is 38.1 Å². The van der Waals surface area contributed by atoms with Gasteiger partial charge in [-0.2, -0.15) is 5.10 Å². The number of hydrogen-bond acceptors (Lipinski definition) is 2. The monoisotopic (exact) mass is 313 g/mol. The summed E-state index contributed by atoms with van der Waals surface area (Å²) in [6.07, 6.45) is 1.08. The minimum absolute atomic E-state index is 0.0328. The lowest BCUT2D eigenvalue weighted by Gasteiger charge is -2.15. The normalized spacial score (nSPS) is 12.5. The number of aryl methyl sites for hydroxylation is 2. The van der Waals surface area contributed by atoms with Crippen LogP contribution < -0.4 is 5.32 Å². The molecule has 0 saturated carbocycles. The molecule has 0 aliphatic heterocycles. The topological polar surface area (TPSA) is 46.9 Å². The van der Waals surface area contributed by atoms with Crippen LogP contribution in [0.25, 0.3) is 0 Å². The molecule has 1 atom stereocenters. The molecule has 2 aromatic rings. The summed E-state index contributed by atoms with van der Waals surface area (Å²) >= 11 is 0. The van der Waals surface area contributed by atoms with Crippen molar-refractivity contribution in [1.82, 2.24) is 15.1 Å². The maximum absolute atomic E-state index is 12.5. The lowest BCUT2D eigenvalue weighted by molar-refractivity contribution is 0.0938. The van der Waals surface area contributed by atoms with E-state index >= 15 is 0 Å². The fourth-order valence-electron chi connectivity index (χ4n) is 2.87. The molecule has 23 heavy (non-hydrogen) atoms. The maximum atomic E-state index is 12.5. The van der Waals surface area contributed by atoms with Crippen LogP contribution in [0.4, 0.5) is 0 Å². The highest BCUT2D eigenvalue weighted by molar-refractivity contribution is 5.96. The van der Waals surface area contributed by atoms with E-state index in [9.17, 15) is 4.79 Å². The number of benzene rings is 1. The number of nitrogens with zero attached hydrogens (tertiary/aromatic N) is 2. The summed E-state index contributed by atoms with van der Waals surface area (Å²) < 4.78 is 1.75. The summed E-state index contributed by atoms with van der Waals surface area (Å²) in [6.45, 7) is 10.2. The van der Waals surface area contributed by atoms with Crippen LogP contribution in [0.5, 0.6) is 0 Å². The second-order valence-corrected chi connectivity index (χ2v) is 6.70. The predicted molar refractivity (Wildman–Crippen MR) is 93.5 cm³/mol. The maximum Gasteiger partial charge on any atom is 0.255 e. The number of amides is 1. The Morgan fingerprint density at radius 3 is 2.26 bits per heavy atom. The van der Waals surface area contributed by atoms with Gasteiger partial charge in [-0.25, -0.2) is 0 Å². The van der Waals surface area contributed by atoms with Crippen molar-refractivity contribution in [2.45, 2.75) is 47.1 Å². The summed E-state index contributed by atoms with van der Waals surface area (Å²) in [7, 11) is 1.86. The predicted octanol–water partition coefficient (Wildman–Crippen LogP) is 3.73. The molecule has 1 N–H and O–H groups in total. The molecule has 1 heterocycles.